The SMILES string of the molecule is CC(C)C(Oc1ccc(Cl)cc1C=O)C(=O)O.NCCSCc1ccccc1. The van der Waals surface area contributed by atoms with Crippen LogP contribution in [0.1, 0.15) is 29.8 Å². The monoisotopic (exact) mass is 423 g/mol. The van der Waals surface area contributed by atoms with Crippen LogP contribution in [0.3, 0.4) is 0 Å². The van der Waals surface area contributed by atoms with Gasteiger partial charge in [-0.05, 0) is 23.8 Å². The van der Waals surface area contributed by atoms with Crippen LogP contribution < -0.4 is 10.5 Å². The van der Waals surface area contributed by atoms with Crippen molar-refractivity contribution >= 4 is 35.6 Å². The average molecular weight is 424 g/mol. The van der Waals surface area contributed by atoms with Gasteiger partial charge in [-0.15, -0.1) is 0 Å². The minimum atomic E-state index is -1.06. The Morgan fingerprint density at radius 3 is 2.46 bits per heavy atom. The minimum Gasteiger partial charge on any atom is -0.478 e. The number of benzene rings is 2. The second-order valence-corrected chi connectivity index (χ2v) is 7.79. The highest BCUT2D eigenvalue weighted by atomic mass is 35.5. The summed E-state index contributed by atoms with van der Waals surface area (Å²) in [5, 5.41) is 9.38. The molecule has 1 atom stereocenters. The zero-order valence-electron chi connectivity index (χ0n) is 16.0. The van der Waals surface area contributed by atoms with Gasteiger partial charge >= 0.3 is 5.97 Å². The molecule has 2 aromatic rings. The maximum Gasteiger partial charge on any atom is 0.345 e. The molecule has 0 aliphatic carbocycles. The van der Waals surface area contributed by atoms with Gasteiger partial charge in [0.1, 0.15) is 5.75 Å². The van der Waals surface area contributed by atoms with Gasteiger partial charge in [-0.25, -0.2) is 4.79 Å². The van der Waals surface area contributed by atoms with Crippen molar-refractivity contribution in [3.63, 3.8) is 0 Å². The van der Waals surface area contributed by atoms with Gasteiger partial charge in [0.15, 0.2) is 12.4 Å². The zero-order valence-corrected chi connectivity index (χ0v) is 17.6. The quantitative estimate of drug-likeness (QED) is 0.455. The molecule has 3 N–H and O–H groups in total. The number of carboxylic acid groups (broad SMARTS) is 1. The second-order valence-electron chi connectivity index (χ2n) is 6.25. The number of aldehydes is 1. The van der Waals surface area contributed by atoms with Crippen LogP contribution in [0.25, 0.3) is 0 Å². The number of hydrogen-bond donors (Lipinski definition) is 2. The highest BCUT2D eigenvalue weighted by molar-refractivity contribution is 7.98. The van der Waals surface area contributed by atoms with Gasteiger partial charge in [-0.3, -0.25) is 4.79 Å². The maximum atomic E-state index is 11.0. The van der Waals surface area contributed by atoms with Crippen molar-refractivity contribution in [2.24, 2.45) is 11.7 Å². The van der Waals surface area contributed by atoms with Crippen LogP contribution in [0.4, 0.5) is 0 Å². The molecule has 28 heavy (non-hydrogen) atoms. The normalized spacial score (nSPS) is 11.3. The number of carboxylic acids is 1. The van der Waals surface area contributed by atoms with Gasteiger partial charge in [-0.1, -0.05) is 55.8 Å². The van der Waals surface area contributed by atoms with E-state index in [1.807, 2.05) is 17.8 Å². The summed E-state index contributed by atoms with van der Waals surface area (Å²) in [7, 11) is 0. The van der Waals surface area contributed by atoms with Crippen LogP contribution in [0.2, 0.25) is 5.02 Å². The lowest BCUT2D eigenvalue weighted by molar-refractivity contribution is -0.147. The van der Waals surface area contributed by atoms with Crippen LogP contribution in [0.5, 0.6) is 5.75 Å². The summed E-state index contributed by atoms with van der Waals surface area (Å²) in [6, 6.07) is 14.9. The van der Waals surface area contributed by atoms with Crippen LogP contribution >= 0.6 is 23.4 Å². The van der Waals surface area contributed by atoms with Crippen LogP contribution in [0, 0.1) is 5.92 Å². The molecule has 2 rings (SSSR count). The van der Waals surface area contributed by atoms with Crippen molar-refractivity contribution < 1.29 is 19.4 Å². The number of rotatable bonds is 9. The third kappa shape index (κ3) is 8.78. The van der Waals surface area contributed by atoms with E-state index in [-0.39, 0.29) is 17.2 Å². The molecule has 0 bridgehead atoms. The molecule has 0 aliphatic heterocycles. The zero-order chi connectivity index (χ0) is 20.9. The molecule has 2 aromatic carbocycles. The van der Waals surface area contributed by atoms with E-state index in [0.29, 0.717) is 11.3 Å². The Morgan fingerprint density at radius 1 is 1.25 bits per heavy atom. The number of halogens is 1. The Kier molecular flexibility index (Phi) is 11.3. The lowest BCUT2D eigenvalue weighted by Gasteiger charge is -2.19. The van der Waals surface area contributed by atoms with Crippen molar-refractivity contribution in [3.8, 4) is 5.75 Å². The minimum absolute atomic E-state index is 0.206. The van der Waals surface area contributed by atoms with E-state index in [2.05, 4.69) is 24.3 Å². The number of aliphatic carboxylic acids is 1. The smallest absolute Gasteiger partial charge is 0.345 e. The number of carbonyl (C=O) groups is 2. The van der Waals surface area contributed by atoms with E-state index < -0.39 is 12.1 Å². The summed E-state index contributed by atoms with van der Waals surface area (Å²) in [5.41, 5.74) is 6.99. The fourth-order valence-electron chi connectivity index (χ4n) is 2.17. The van der Waals surface area contributed by atoms with E-state index in [4.69, 9.17) is 27.2 Å². The molecule has 0 amide bonds. The Bertz CT molecular complexity index is 740. The fourth-order valence-corrected chi connectivity index (χ4v) is 3.09. The number of carbonyl (C=O) groups excluding carboxylic acids is 1. The predicted molar refractivity (Wildman–Crippen MR) is 115 cm³/mol. The third-order valence-electron chi connectivity index (χ3n) is 3.58. The highest BCUT2D eigenvalue weighted by Gasteiger charge is 2.24. The summed E-state index contributed by atoms with van der Waals surface area (Å²) in [6.45, 7) is 4.24. The highest BCUT2D eigenvalue weighted by Crippen LogP contribution is 2.24. The summed E-state index contributed by atoms with van der Waals surface area (Å²) in [4.78, 5) is 21.8. The van der Waals surface area contributed by atoms with Gasteiger partial charge in [0.25, 0.3) is 0 Å². The van der Waals surface area contributed by atoms with Gasteiger partial charge in [0.05, 0.1) is 5.56 Å². The largest absolute Gasteiger partial charge is 0.478 e. The Morgan fingerprint density at radius 2 is 1.93 bits per heavy atom. The Labute approximate surface area is 175 Å². The van der Waals surface area contributed by atoms with E-state index in [9.17, 15) is 9.59 Å². The average Bonchev–Trinajstić information content (AvgIpc) is 2.68. The molecule has 1 unspecified atom stereocenters. The number of hydrogen-bond acceptors (Lipinski definition) is 5. The van der Waals surface area contributed by atoms with Crippen molar-refractivity contribution in [2.45, 2.75) is 25.7 Å². The van der Waals surface area contributed by atoms with Crippen LogP contribution in [-0.4, -0.2) is 35.8 Å². The molecule has 0 aromatic heterocycles. The maximum absolute atomic E-state index is 11.0. The van der Waals surface area contributed by atoms with Crippen molar-refractivity contribution in [2.75, 3.05) is 12.3 Å². The molecule has 0 radical (unpaired) electrons. The van der Waals surface area contributed by atoms with Crippen molar-refractivity contribution in [1.82, 2.24) is 0 Å². The van der Waals surface area contributed by atoms with E-state index >= 15 is 0 Å². The van der Waals surface area contributed by atoms with Gasteiger partial charge in [0.2, 0.25) is 0 Å². The summed E-state index contributed by atoms with van der Waals surface area (Å²) < 4.78 is 5.32. The summed E-state index contributed by atoms with van der Waals surface area (Å²) >= 11 is 7.61. The van der Waals surface area contributed by atoms with E-state index in [1.165, 1.54) is 17.7 Å². The molecule has 0 spiro atoms. The molecule has 0 heterocycles. The summed E-state index contributed by atoms with van der Waals surface area (Å²) in [5.74, 6) is 1.09. The lowest BCUT2D eigenvalue weighted by Crippen LogP contribution is -2.32. The molecule has 0 aliphatic rings. The Balaban J connectivity index is 0.000000307. The second kappa shape index (κ2) is 13.2. The van der Waals surface area contributed by atoms with E-state index in [0.717, 1.165) is 18.1 Å². The van der Waals surface area contributed by atoms with Crippen molar-refractivity contribution in [1.29, 1.82) is 0 Å². The molecule has 0 saturated carbocycles. The molecular weight excluding hydrogens is 398 g/mol. The fraction of sp³-hybridized carbons (Fsp3) is 0.333. The summed E-state index contributed by atoms with van der Waals surface area (Å²) in [6.07, 6.45) is -0.407. The predicted octanol–water partition coefficient (Wildman–Crippen LogP) is 4.52. The number of ether oxygens (including phenoxy) is 1. The van der Waals surface area contributed by atoms with Crippen LogP contribution in [0.15, 0.2) is 48.5 Å². The molecule has 0 fully saturated rings. The first kappa shape index (κ1) is 24.0. The lowest BCUT2D eigenvalue weighted by atomic mass is 10.1. The van der Waals surface area contributed by atoms with Gasteiger partial charge in [-0.2, -0.15) is 11.8 Å². The molecule has 0 saturated heterocycles. The first-order valence-corrected chi connectivity index (χ1v) is 10.4. The standard InChI is InChI=1S/C12H13ClO4.C9H13NS/c1-7(2)11(12(15)16)17-10-4-3-9(13)5-8(10)6-14;10-6-7-11-8-9-4-2-1-3-5-9/h3-7,11H,1-2H3,(H,15,16);1-5H,6-8,10H2. The van der Waals surface area contributed by atoms with E-state index in [1.54, 1.807) is 19.9 Å². The van der Waals surface area contributed by atoms with Gasteiger partial charge in [0, 0.05) is 29.0 Å². The molecule has 152 valence electrons. The first-order chi connectivity index (χ1) is 13.4. The van der Waals surface area contributed by atoms with Crippen molar-refractivity contribution in [3.05, 3.63) is 64.7 Å². The molecular formula is C21H26ClNO4S. The Hall–Kier alpha value is -2.02. The first-order valence-electron chi connectivity index (χ1n) is 8.85. The number of thioether (sulfide) groups is 1. The topological polar surface area (TPSA) is 89.6 Å². The number of nitrogens with two attached hydrogens (primary N) is 1. The molecule has 5 nitrogen and oxygen atoms in total. The third-order valence-corrected chi connectivity index (χ3v) is 4.87. The molecule has 7 heteroatoms. The van der Waals surface area contributed by atoms with Crippen LogP contribution in [-0.2, 0) is 10.5 Å². The van der Waals surface area contributed by atoms with Gasteiger partial charge < -0.3 is 15.6 Å².